The summed E-state index contributed by atoms with van der Waals surface area (Å²) in [7, 11) is 0. The molecule has 1 N–H and O–H groups in total. The molecule has 0 radical (unpaired) electrons. The highest BCUT2D eigenvalue weighted by Crippen LogP contribution is 2.32. The third-order valence-corrected chi connectivity index (χ3v) is 5.20. The molecule has 24 heavy (non-hydrogen) atoms. The molecular formula is C20H19NO3. The van der Waals surface area contributed by atoms with E-state index in [2.05, 4.69) is 12.1 Å². The molecule has 4 rings (SSSR count). The Morgan fingerprint density at radius 3 is 2.12 bits per heavy atom. The predicted molar refractivity (Wildman–Crippen MR) is 89.6 cm³/mol. The number of nitrogens with zero attached hydrogens (tertiary/aromatic N) is 1. The Labute approximate surface area is 140 Å². The molecule has 1 amide bonds. The molecule has 1 heterocycles. The molecule has 0 spiro atoms. The van der Waals surface area contributed by atoms with Gasteiger partial charge >= 0.3 is 5.97 Å². The number of aliphatic carboxylic acids is 1. The Hall–Kier alpha value is -2.62. The first kappa shape index (κ1) is 14.9. The fraction of sp³-hybridized carbons (Fsp3) is 0.300. The van der Waals surface area contributed by atoms with Crippen molar-refractivity contribution in [3.63, 3.8) is 0 Å². The summed E-state index contributed by atoms with van der Waals surface area (Å²) in [6, 6.07) is 15.7. The van der Waals surface area contributed by atoms with Gasteiger partial charge in [-0.3, -0.25) is 9.59 Å². The normalized spacial score (nSPS) is 19.7. The van der Waals surface area contributed by atoms with Crippen LogP contribution in [0.15, 0.2) is 48.5 Å². The zero-order chi connectivity index (χ0) is 16.7. The van der Waals surface area contributed by atoms with Crippen LogP contribution < -0.4 is 0 Å². The Kier molecular flexibility index (Phi) is 3.60. The van der Waals surface area contributed by atoms with Crippen molar-refractivity contribution in [2.75, 3.05) is 6.54 Å². The second kappa shape index (κ2) is 5.78. The number of fused-ring (bicyclic) bond motifs is 2. The Bertz CT molecular complexity index is 789. The first-order chi connectivity index (χ1) is 11.6. The minimum absolute atomic E-state index is 0.0675. The summed E-state index contributed by atoms with van der Waals surface area (Å²) in [5.74, 6) is -1.49. The van der Waals surface area contributed by atoms with Crippen molar-refractivity contribution in [3.05, 3.63) is 70.8 Å². The van der Waals surface area contributed by atoms with Crippen LogP contribution in [0.1, 0.15) is 28.2 Å². The van der Waals surface area contributed by atoms with Crippen LogP contribution in [0.2, 0.25) is 0 Å². The maximum atomic E-state index is 13.0. The zero-order valence-electron chi connectivity index (χ0n) is 13.3. The van der Waals surface area contributed by atoms with E-state index in [0.717, 1.165) is 24.0 Å². The van der Waals surface area contributed by atoms with Gasteiger partial charge < -0.3 is 10.0 Å². The van der Waals surface area contributed by atoms with E-state index in [1.807, 2.05) is 36.4 Å². The maximum Gasteiger partial charge on any atom is 0.312 e. The SMILES string of the molecule is O=C(O)C1CN(C(=O)C2Cc3ccccc3C2)Cc2ccccc21. The monoisotopic (exact) mass is 321 g/mol. The Balaban J connectivity index is 1.57. The molecule has 0 fully saturated rings. The number of carboxylic acid groups (broad SMARTS) is 1. The summed E-state index contributed by atoms with van der Waals surface area (Å²) in [5, 5.41) is 9.55. The summed E-state index contributed by atoms with van der Waals surface area (Å²) in [6.45, 7) is 0.768. The smallest absolute Gasteiger partial charge is 0.312 e. The largest absolute Gasteiger partial charge is 0.481 e. The van der Waals surface area contributed by atoms with Gasteiger partial charge in [0, 0.05) is 19.0 Å². The van der Waals surface area contributed by atoms with Crippen molar-refractivity contribution in [3.8, 4) is 0 Å². The third-order valence-electron chi connectivity index (χ3n) is 5.20. The zero-order valence-corrected chi connectivity index (χ0v) is 13.3. The molecule has 122 valence electrons. The molecule has 1 unspecified atom stereocenters. The average Bonchev–Trinajstić information content (AvgIpc) is 3.04. The van der Waals surface area contributed by atoms with Gasteiger partial charge in [0.2, 0.25) is 5.91 Å². The van der Waals surface area contributed by atoms with E-state index in [1.165, 1.54) is 11.1 Å². The van der Waals surface area contributed by atoms with Crippen molar-refractivity contribution in [2.45, 2.75) is 25.3 Å². The van der Waals surface area contributed by atoms with Crippen molar-refractivity contribution in [2.24, 2.45) is 5.92 Å². The molecule has 0 bridgehead atoms. The Morgan fingerprint density at radius 1 is 0.917 bits per heavy atom. The van der Waals surface area contributed by atoms with Gasteiger partial charge in [-0.25, -0.2) is 0 Å². The van der Waals surface area contributed by atoms with Crippen molar-refractivity contribution in [1.29, 1.82) is 0 Å². The molecule has 4 nitrogen and oxygen atoms in total. The van der Waals surface area contributed by atoms with E-state index < -0.39 is 11.9 Å². The highest BCUT2D eigenvalue weighted by atomic mass is 16.4. The lowest BCUT2D eigenvalue weighted by Gasteiger charge is -2.34. The van der Waals surface area contributed by atoms with E-state index >= 15 is 0 Å². The molecule has 1 atom stereocenters. The number of benzene rings is 2. The summed E-state index contributed by atoms with van der Waals surface area (Å²) < 4.78 is 0. The third kappa shape index (κ3) is 2.48. The molecule has 2 aromatic carbocycles. The molecule has 2 aliphatic rings. The second-order valence-corrected chi connectivity index (χ2v) is 6.68. The Morgan fingerprint density at radius 2 is 1.50 bits per heavy atom. The lowest BCUT2D eigenvalue weighted by Crippen LogP contribution is -2.43. The number of hydrogen-bond donors (Lipinski definition) is 1. The van der Waals surface area contributed by atoms with Gasteiger partial charge in [0.05, 0.1) is 5.92 Å². The lowest BCUT2D eigenvalue weighted by atomic mass is 9.89. The van der Waals surface area contributed by atoms with Crippen LogP contribution in [-0.4, -0.2) is 28.4 Å². The van der Waals surface area contributed by atoms with Gasteiger partial charge in [-0.2, -0.15) is 0 Å². The standard InChI is InChI=1S/C20H19NO3/c22-19(16-9-13-5-1-2-6-14(13)10-16)21-11-15-7-3-4-8-17(15)18(12-21)20(23)24/h1-8,16,18H,9-12H2,(H,23,24). The van der Waals surface area contributed by atoms with Crippen molar-refractivity contribution in [1.82, 2.24) is 4.90 Å². The van der Waals surface area contributed by atoms with Crippen molar-refractivity contribution >= 4 is 11.9 Å². The first-order valence-electron chi connectivity index (χ1n) is 8.29. The van der Waals surface area contributed by atoms with Crippen molar-refractivity contribution < 1.29 is 14.7 Å². The lowest BCUT2D eigenvalue weighted by molar-refractivity contribution is -0.142. The summed E-state index contributed by atoms with van der Waals surface area (Å²) in [4.78, 5) is 26.4. The highest BCUT2D eigenvalue weighted by Gasteiger charge is 2.36. The first-order valence-corrected chi connectivity index (χ1v) is 8.29. The number of carbonyl (C=O) groups is 2. The van der Waals surface area contributed by atoms with Crippen LogP contribution in [0.5, 0.6) is 0 Å². The van der Waals surface area contributed by atoms with Crippen LogP contribution in [0.25, 0.3) is 0 Å². The van der Waals surface area contributed by atoms with Crippen LogP contribution >= 0.6 is 0 Å². The molecule has 0 aromatic heterocycles. The van der Waals surface area contributed by atoms with Crippen LogP contribution in [0.4, 0.5) is 0 Å². The minimum atomic E-state index is -0.866. The number of rotatable bonds is 2. The number of carboxylic acids is 1. The molecule has 2 aromatic rings. The highest BCUT2D eigenvalue weighted by molar-refractivity contribution is 5.83. The quantitative estimate of drug-likeness (QED) is 0.925. The van der Waals surface area contributed by atoms with Gasteiger partial charge in [0.15, 0.2) is 0 Å². The molecular weight excluding hydrogens is 302 g/mol. The molecule has 1 aliphatic heterocycles. The molecule has 1 aliphatic carbocycles. The molecule has 0 saturated carbocycles. The van der Waals surface area contributed by atoms with Gasteiger partial charge in [-0.05, 0) is 35.1 Å². The molecule has 4 heteroatoms. The van der Waals surface area contributed by atoms with Crippen LogP contribution in [-0.2, 0) is 29.0 Å². The molecule has 0 saturated heterocycles. The van der Waals surface area contributed by atoms with Crippen LogP contribution in [0.3, 0.4) is 0 Å². The van der Waals surface area contributed by atoms with E-state index in [4.69, 9.17) is 0 Å². The van der Waals surface area contributed by atoms with E-state index in [1.54, 1.807) is 4.90 Å². The summed E-state index contributed by atoms with van der Waals surface area (Å²) >= 11 is 0. The maximum absolute atomic E-state index is 13.0. The number of hydrogen-bond acceptors (Lipinski definition) is 2. The number of amides is 1. The number of carbonyl (C=O) groups excluding carboxylic acids is 1. The van der Waals surface area contributed by atoms with E-state index in [-0.39, 0.29) is 18.4 Å². The topological polar surface area (TPSA) is 57.6 Å². The fourth-order valence-corrected chi connectivity index (χ4v) is 3.98. The average molecular weight is 321 g/mol. The summed E-state index contributed by atoms with van der Waals surface area (Å²) in [5.41, 5.74) is 4.26. The second-order valence-electron chi connectivity index (χ2n) is 6.68. The minimum Gasteiger partial charge on any atom is -0.481 e. The predicted octanol–water partition coefficient (Wildman–Crippen LogP) is 2.61. The van der Waals surface area contributed by atoms with Gasteiger partial charge in [-0.15, -0.1) is 0 Å². The fourth-order valence-electron chi connectivity index (χ4n) is 3.98. The van der Waals surface area contributed by atoms with Gasteiger partial charge in [0.1, 0.15) is 0 Å². The summed E-state index contributed by atoms with van der Waals surface area (Å²) in [6.07, 6.45) is 1.51. The van der Waals surface area contributed by atoms with E-state index in [0.29, 0.717) is 6.54 Å². The van der Waals surface area contributed by atoms with Gasteiger partial charge in [-0.1, -0.05) is 48.5 Å². The van der Waals surface area contributed by atoms with E-state index in [9.17, 15) is 14.7 Å². The van der Waals surface area contributed by atoms with Crippen LogP contribution in [0, 0.1) is 5.92 Å². The van der Waals surface area contributed by atoms with Gasteiger partial charge in [0.25, 0.3) is 0 Å².